The molecule has 1 N–H and O–H groups in total. The van der Waals surface area contributed by atoms with Crippen molar-refractivity contribution in [2.45, 2.75) is 4.90 Å². The molecule has 0 saturated carbocycles. The second-order valence-corrected chi connectivity index (χ2v) is 3.96. The van der Waals surface area contributed by atoms with Crippen LogP contribution in [-0.4, -0.2) is 29.4 Å². The maximum absolute atomic E-state index is 10.7. The number of benzene rings is 1. The molecule has 1 atom stereocenters. The van der Waals surface area contributed by atoms with Gasteiger partial charge in [0.1, 0.15) is 0 Å². The Morgan fingerprint density at radius 3 is 2.75 bits per heavy atom. The topological polar surface area (TPSA) is 94.6 Å². The fraction of sp³-hybridized carbons (Fsp3) is 0. The summed E-state index contributed by atoms with van der Waals surface area (Å²) in [7, 11) is 0. The van der Waals surface area contributed by atoms with Crippen molar-refractivity contribution in [1.82, 2.24) is 20.6 Å². The molecule has 1 aromatic carbocycles. The number of nitrogens with zero attached hydrogens (tertiary/aromatic N) is 3. The number of aromatic nitrogens is 4. The third-order valence-corrected chi connectivity index (χ3v) is 2.68. The van der Waals surface area contributed by atoms with Gasteiger partial charge in [0.15, 0.2) is 0 Å². The Bertz CT molecular complexity index is 507. The quantitative estimate of drug-likeness (QED) is 0.490. The zero-order valence-corrected chi connectivity index (χ0v) is 11.7. The van der Waals surface area contributed by atoms with Crippen LogP contribution < -0.4 is 29.6 Å². The number of tetrazole rings is 1. The Kier molecular flexibility index (Phi) is 5.03. The first kappa shape index (κ1) is 13.8. The summed E-state index contributed by atoms with van der Waals surface area (Å²) in [6.07, 6.45) is 0. The van der Waals surface area contributed by atoms with Crippen LogP contribution in [0.1, 0.15) is 0 Å². The van der Waals surface area contributed by atoms with Crippen molar-refractivity contribution >= 4 is 22.7 Å². The molecule has 0 fully saturated rings. The van der Waals surface area contributed by atoms with Crippen molar-refractivity contribution in [2.75, 3.05) is 0 Å². The molecule has 0 aliphatic carbocycles. The number of nitrogens with one attached hydrogen (secondary N) is 1. The first-order valence-electron chi connectivity index (χ1n) is 3.81. The van der Waals surface area contributed by atoms with Gasteiger partial charge in [-0.3, -0.25) is 4.21 Å². The van der Waals surface area contributed by atoms with E-state index in [2.05, 4.69) is 20.6 Å². The van der Waals surface area contributed by atoms with Crippen LogP contribution in [0.2, 0.25) is 5.02 Å². The molecule has 0 aliphatic rings. The minimum absolute atomic E-state index is 0. The fourth-order valence-electron chi connectivity index (χ4n) is 1.06. The molecule has 0 amide bonds. The van der Waals surface area contributed by atoms with Gasteiger partial charge in [-0.25, -0.2) is 0 Å². The monoisotopic (exact) mass is 266 g/mol. The third-order valence-electron chi connectivity index (χ3n) is 1.72. The van der Waals surface area contributed by atoms with E-state index in [0.717, 1.165) is 0 Å². The Morgan fingerprint density at radius 1 is 1.44 bits per heavy atom. The number of aromatic amines is 1. The molecule has 0 spiro atoms. The maximum Gasteiger partial charge on any atom is 1.00 e. The van der Waals surface area contributed by atoms with Crippen LogP contribution in [0.15, 0.2) is 23.1 Å². The van der Waals surface area contributed by atoms with Crippen LogP contribution in [0.25, 0.3) is 11.4 Å². The van der Waals surface area contributed by atoms with Gasteiger partial charge in [-0.1, -0.05) is 11.6 Å². The third kappa shape index (κ3) is 2.88. The minimum atomic E-state index is -2.30. The summed E-state index contributed by atoms with van der Waals surface area (Å²) in [5, 5.41) is 13.4. The molecule has 9 heteroatoms. The van der Waals surface area contributed by atoms with E-state index in [-0.39, 0.29) is 40.3 Å². The van der Waals surface area contributed by atoms with Gasteiger partial charge in [0.2, 0.25) is 5.82 Å². The van der Waals surface area contributed by atoms with E-state index in [9.17, 15) is 8.76 Å². The summed E-state index contributed by atoms with van der Waals surface area (Å²) >= 11 is 3.57. The first-order chi connectivity index (χ1) is 7.18. The Balaban J connectivity index is 0.00000128. The normalized spacial score (nSPS) is 11.9. The van der Waals surface area contributed by atoms with E-state index in [1.807, 2.05) is 0 Å². The summed E-state index contributed by atoms with van der Waals surface area (Å²) in [6.45, 7) is 0. The average molecular weight is 267 g/mol. The van der Waals surface area contributed by atoms with Crippen molar-refractivity contribution < 1.29 is 38.3 Å². The average Bonchev–Trinajstić information content (AvgIpc) is 2.71. The Hall–Kier alpha value is -0.310. The molecule has 0 saturated heterocycles. The summed E-state index contributed by atoms with van der Waals surface area (Å²) in [5.41, 5.74) is 0.423. The smallest absolute Gasteiger partial charge is 0.768 e. The Morgan fingerprint density at radius 2 is 2.19 bits per heavy atom. The van der Waals surface area contributed by atoms with Crippen molar-refractivity contribution in [3.05, 3.63) is 23.2 Å². The van der Waals surface area contributed by atoms with E-state index >= 15 is 0 Å². The number of hydrogen-bond acceptors (Lipinski definition) is 5. The molecule has 6 nitrogen and oxygen atoms in total. The summed E-state index contributed by atoms with van der Waals surface area (Å²) in [5.74, 6) is 0.257. The molecular weight excluding hydrogens is 263 g/mol. The van der Waals surface area contributed by atoms with Gasteiger partial charge in [0.25, 0.3) is 0 Å². The van der Waals surface area contributed by atoms with Crippen molar-refractivity contribution in [3.63, 3.8) is 0 Å². The van der Waals surface area contributed by atoms with Gasteiger partial charge in [0, 0.05) is 10.5 Å². The van der Waals surface area contributed by atoms with Crippen molar-refractivity contribution in [1.29, 1.82) is 0 Å². The number of rotatable bonds is 2. The largest absolute Gasteiger partial charge is 1.00 e. The summed E-state index contributed by atoms with van der Waals surface area (Å²) < 4.78 is 21.5. The second kappa shape index (κ2) is 5.85. The van der Waals surface area contributed by atoms with E-state index in [1.165, 1.54) is 18.2 Å². The van der Waals surface area contributed by atoms with Crippen molar-refractivity contribution in [3.8, 4) is 11.4 Å². The number of H-pyrrole nitrogens is 1. The minimum Gasteiger partial charge on any atom is -0.768 e. The van der Waals surface area contributed by atoms with E-state index in [4.69, 9.17) is 11.6 Å². The molecule has 0 bridgehead atoms. The van der Waals surface area contributed by atoms with Gasteiger partial charge in [-0.2, -0.15) is 5.21 Å². The molecular formula is C7H4ClN4NaO2S. The van der Waals surface area contributed by atoms with Gasteiger partial charge < -0.3 is 4.55 Å². The van der Waals surface area contributed by atoms with E-state index in [1.54, 1.807) is 0 Å². The van der Waals surface area contributed by atoms with Crippen LogP contribution in [0.4, 0.5) is 0 Å². The van der Waals surface area contributed by atoms with Crippen LogP contribution in [0.5, 0.6) is 0 Å². The molecule has 1 unspecified atom stereocenters. The van der Waals surface area contributed by atoms with Crippen molar-refractivity contribution in [2.24, 2.45) is 0 Å². The zero-order chi connectivity index (χ0) is 10.8. The molecule has 0 radical (unpaired) electrons. The molecule has 0 aliphatic heterocycles. The van der Waals surface area contributed by atoms with Gasteiger partial charge in [-0.15, -0.1) is 10.2 Å². The van der Waals surface area contributed by atoms with E-state index in [0.29, 0.717) is 10.6 Å². The second-order valence-electron chi connectivity index (χ2n) is 2.61. The zero-order valence-electron chi connectivity index (χ0n) is 8.18. The van der Waals surface area contributed by atoms with Crippen LogP contribution in [0, 0.1) is 0 Å². The summed E-state index contributed by atoms with van der Waals surface area (Å²) in [4.78, 5) is 0.124. The molecule has 16 heavy (non-hydrogen) atoms. The predicted molar refractivity (Wildman–Crippen MR) is 51.8 cm³/mol. The Labute approximate surface area is 120 Å². The van der Waals surface area contributed by atoms with Crippen LogP contribution >= 0.6 is 11.6 Å². The SMILES string of the molecule is O=S([O-])c1ccc(Cl)c(-c2nn[nH]n2)c1.[Na+]. The van der Waals surface area contributed by atoms with Crippen LogP contribution in [0.3, 0.4) is 0 Å². The maximum atomic E-state index is 10.7. The molecule has 2 rings (SSSR count). The number of halogens is 1. The molecule has 1 aromatic heterocycles. The summed E-state index contributed by atoms with van der Waals surface area (Å²) in [6, 6.07) is 4.25. The van der Waals surface area contributed by atoms with Gasteiger partial charge >= 0.3 is 29.6 Å². The fourth-order valence-corrected chi connectivity index (χ4v) is 1.65. The standard InChI is InChI=1S/C7H5ClN4O2S.Na/c8-6-2-1-4(15(13)14)3-5(6)7-9-11-12-10-7;/h1-3H,(H,13,14)(H,9,10,11,12);/q;+1/p-1. The number of hydrogen-bond donors (Lipinski definition) is 1. The molecule has 1 heterocycles. The van der Waals surface area contributed by atoms with Gasteiger partial charge in [-0.05, 0) is 34.5 Å². The molecule has 2 aromatic rings. The van der Waals surface area contributed by atoms with Gasteiger partial charge in [0.05, 0.1) is 5.02 Å². The van der Waals surface area contributed by atoms with E-state index < -0.39 is 11.1 Å². The predicted octanol–water partition coefficient (Wildman–Crippen LogP) is -2.24. The first-order valence-corrected chi connectivity index (χ1v) is 5.26. The van der Waals surface area contributed by atoms with Crippen LogP contribution in [-0.2, 0) is 11.1 Å². The molecule has 78 valence electrons.